The number of amides is 2. The van der Waals surface area contributed by atoms with Gasteiger partial charge >= 0.3 is 5.97 Å². The van der Waals surface area contributed by atoms with Gasteiger partial charge in [0.25, 0.3) is 5.91 Å². The van der Waals surface area contributed by atoms with Crippen LogP contribution in [-0.4, -0.2) is 40.4 Å². The van der Waals surface area contributed by atoms with Crippen molar-refractivity contribution in [3.63, 3.8) is 0 Å². The van der Waals surface area contributed by atoms with Crippen LogP contribution in [0.3, 0.4) is 0 Å². The number of primary amides is 1. The number of hydrogen-bond acceptors (Lipinski definition) is 5. The highest BCUT2D eigenvalue weighted by Gasteiger charge is 2.45. The molecule has 118 valence electrons. The van der Waals surface area contributed by atoms with Crippen LogP contribution < -0.4 is 5.73 Å². The minimum Gasteiger partial charge on any atom is -0.508 e. The molecule has 0 aliphatic carbocycles. The molecule has 2 rings (SSSR count). The van der Waals surface area contributed by atoms with Crippen LogP contribution in [0.5, 0.6) is 5.75 Å². The summed E-state index contributed by atoms with van der Waals surface area (Å²) in [5.41, 5.74) is 4.92. The molecule has 3 N–H and O–H groups in total. The van der Waals surface area contributed by atoms with Crippen molar-refractivity contribution in [2.75, 3.05) is 7.11 Å². The highest BCUT2D eigenvalue weighted by Crippen LogP contribution is 2.36. The van der Waals surface area contributed by atoms with Gasteiger partial charge in [-0.2, -0.15) is 0 Å². The molecule has 0 saturated carbocycles. The number of carbonyl (C=O) groups excluding carboxylic acids is 3. The van der Waals surface area contributed by atoms with Gasteiger partial charge in [0.15, 0.2) is 0 Å². The average Bonchev–Trinajstić information content (AvgIpc) is 2.83. The monoisotopic (exact) mass is 306 g/mol. The normalized spacial score (nSPS) is 16.1. The van der Waals surface area contributed by atoms with Gasteiger partial charge in [0.05, 0.1) is 13.7 Å². The lowest BCUT2D eigenvalue weighted by atomic mass is 9.92. The summed E-state index contributed by atoms with van der Waals surface area (Å²) in [6.07, 6.45) is 0.0115. The molecule has 1 aliphatic rings. The van der Waals surface area contributed by atoms with Gasteiger partial charge in [-0.15, -0.1) is 0 Å². The number of fused-ring (bicyclic) bond motifs is 1. The quantitative estimate of drug-likeness (QED) is 0.772. The van der Waals surface area contributed by atoms with Crippen LogP contribution in [0.25, 0.3) is 0 Å². The van der Waals surface area contributed by atoms with E-state index in [0.717, 1.165) is 0 Å². The third-order valence-electron chi connectivity index (χ3n) is 4.11. The standard InChI is InChI=1S/C15H18N2O5/c1-15(14(16)21,7-6-12(19)22-2)17-8-10-9(13(17)20)4-3-5-11(10)18/h3-5,18H,6-8H2,1-2H3,(H2,16,21)/t15-/m0/s1. The lowest BCUT2D eigenvalue weighted by Gasteiger charge is -2.35. The van der Waals surface area contributed by atoms with Gasteiger partial charge in [-0.05, 0) is 25.5 Å². The zero-order chi connectivity index (χ0) is 16.5. The minimum absolute atomic E-state index is 0.00635. The van der Waals surface area contributed by atoms with Gasteiger partial charge in [-0.3, -0.25) is 14.4 Å². The van der Waals surface area contributed by atoms with E-state index in [0.29, 0.717) is 11.1 Å². The van der Waals surface area contributed by atoms with Crippen LogP contribution in [0.15, 0.2) is 18.2 Å². The average molecular weight is 306 g/mol. The Balaban J connectivity index is 2.32. The Morgan fingerprint density at radius 3 is 2.68 bits per heavy atom. The summed E-state index contributed by atoms with van der Waals surface area (Å²) < 4.78 is 4.56. The van der Waals surface area contributed by atoms with E-state index in [1.165, 1.54) is 25.0 Å². The van der Waals surface area contributed by atoms with Crippen LogP contribution in [0.1, 0.15) is 35.7 Å². The second-order valence-electron chi connectivity index (χ2n) is 5.41. The Labute approximate surface area is 127 Å². The molecule has 1 heterocycles. The zero-order valence-electron chi connectivity index (χ0n) is 12.5. The lowest BCUT2D eigenvalue weighted by molar-refractivity contribution is -0.142. The molecule has 7 nitrogen and oxygen atoms in total. The summed E-state index contributed by atoms with van der Waals surface area (Å²) in [5.74, 6) is -1.60. The number of nitrogens with zero attached hydrogens (tertiary/aromatic N) is 1. The number of phenolic OH excluding ortho intramolecular Hbond substituents is 1. The number of rotatable bonds is 5. The third kappa shape index (κ3) is 2.49. The maximum Gasteiger partial charge on any atom is 0.305 e. The van der Waals surface area contributed by atoms with E-state index in [9.17, 15) is 19.5 Å². The molecule has 2 amide bonds. The van der Waals surface area contributed by atoms with E-state index in [1.54, 1.807) is 12.1 Å². The first kappa shape index (κ1) is 15.8. The molecule has 1 aromatic rings. The number of benzene rings is 1. The van der Waals surface area contributed by atoms with Crippen molar-refractivity contribution < 1.29 is 24.2 Å². The van der Waals surface area contributed by atoms with E-state index in [1.807, 2.05) is 0 Å². The van der Waals surface area contributed by atoms with Crippen molar-refractivity contribution in [3.8, 4) is 5.75 Å². The summed E-state index contributed by atoms with van der Waals surface area (Å²) in [4.78, 5) is 37.0. The van der Waals surface area contributed by atoms with Crippen molar-refractivity contribution in [1.82, 2.24) is 4.90 Å². The number of aromatic hydroxyl groups is 1. The summed E-state index contributed by atoms with van der Waals surface area (Å²) in [6.45, 7) is 1.58. The third-order valence-corrected chi connectivity index (χ3v) is 4.11. The fraction of sp³-hybridized carbons (Fsp3) is 0.400. The number of hydrogen-bond donors (Lipinski definition) is 2. The molecule has 0 aromatic heterocycles. The second kappa shape index (κ2) is 5.67. The van der Waals surface area contributed by atoms with Crippen LogP contribution in [0, 0.1) is 0 Å². The van der Waals surface area contributed by atoms with Gasteiger partial charge in [0.2, 0.25) is 5.91 Å². The Morgan fingerprint density at radius 1 is 1.45 bits per heavy atom. The largest absolute Gasteiger partial charge is 0.508 e. The lowest BCUT2D eigenvalue weighted by Crippen LogP contribution is -2.55. The number of ether oxygens (including phenoxy) is 1. The van der Waals surface area contributed by atoms with Crippen LogP contribution >= 0.6 is 0 Å². The molecule has 1 aromatic carbocycles. The number of esters is 1. The first-order valence-electron chi connectivity index (χ1n) is 6.81. The first-order chi connectivity index (χ1) is 10.3. The van der Waals surface area contributed by atoms with E-state index < -0.39 is 23.3 Å². The number of methoxy groups -OCH3 is 1. The first-order valence-corrected chi connectivity index (χ1v) is 6.81. The topological polar surface area (TPSA) is 110 Å². The molecule has 0 radical (unpaired) electrons. The van der Waals surface area contributed by atoms with Crippen LogP contribution in [0.2, 0.25) is 0 Å². The number of carbonyl (C=O) groups is 3. The van der Waals surface area contributed by atoms with Gasteiger partial charge in [0.1, 0.15) is 11.3 Å². The highest BCUT2D eigenvalue weighted by atomic mass is 16.5. The van der Waals surface area contributed by atoms with E-state index in [-0.39, 0.29) is 25.1 Å². The Kier molecular flexibility index (Phi) is 4.07. The molecule has 22 heavy (non-hydrogen) atoms. The van der Waals surface area contributed by atoms with Crippen molar-refractivity contribution in [2.45, 2.75) is 31.8 Å². The smallest absolute Gasteiger partial charge is 0.305 e. The zero-order valence-corrected chi connectivity index (χ0v) is 12.5. The molecule has 0 unspecified atom stereocenters. The van der Waals surface area contributed by atoms with E-state index in [2.05, 4.69) is 4.74 Å². The Morgan fingerprint density at radius 2 is 2.14 bits per heavy atom. The van der Waals surface area contributed by atoms with Crippen molar-refractivity contribution >= 4 is 17.8 Å². The molecule has 0 spiro atoms. The van der Waals surface area contributed by atoms with E-state index in [4.69, 9.17) is 5.73 Å². The van der Waals surface area contributed by atoms with E-state index >= 15 is 0 Å². The van der Waals surface area contributed by atoms with Gasteiger partial charge in [0, 0.05) is 17.5 Å². The van der Waals surface area contributed by atoms with Gasteiger partial charge in [-0.25, -0.2) is 0 Å². The Hall–Kier alpha value is -2.57. The summed E-state index contributed by atoms with van der Waals surface area (Å²) in [6, 6.07) is 4.62. The minimum atomic E-state index is -1.34. The highest BCUT2D eigenvalue weighted by molar-refractivity contribution is 6.02. The van der Waals surface area contributed by atoms with Crippen LogP contribution in [-0.2, 0) is 20.9 Å². The SMILES string of the molecule is COC(=O)CC[C@@](C)(C(N)=O)N1Cc2c(O)cccc2C1=O. The van der Waals surface area contributed by atoms with Crippen molar-refractivity contribution in [1.29, 1.82) is 0 Å². The predicted molar refractivity (Wildman–Crippen MR) is 76.8 cm³/mol. The molecule has 7 heteroatoms. The molecular weight excluding hydrogens is 288 g/mol. The van der Waals surface area contributed by atoms with Crippen molar-refractivity contribution in [3.05, 3.63) is 29.3 Å². The Bertz CT molecular complexity index is 643. The van der Waals surface area contributed by atoms with Crippen LogP contribution in [0.4, 0.5) is 0 Å². The molecular formula is C15H18N2O5. The molecule has 1 atom stereocenters. The fourth-order valence-electron chi connectivity index (χ4n) is 2.55. The summed E-state index contributed by atoms with van der Waals surface area (Å²) in [7, 11) is 1.25. The number of phenols is 1. The molecule has 0 saturated heterocycles. The fourth-order valence-corrected chi connectivity index (χ4v) is 2.55. The number of nitrogens with two attached hydrogens (primary N) is 1. The molecule has 0 fully saturated rings. The molecule has 1 aliphatic heterocycles. The molecule has 0 bridgehead atoms. The predicted octanol–water partition coefficient (Wildman–Crippen LogP) is 0.545. The second-order valence-corrected chi connectivity index (χ2v) is 5.41. The summed E-state index contributed by atoms with van der Waals surface area (Å²) in [5, 5.41) is 9.86. The van der Waals surface area contributed by atoms with Crippen molar-refractivity contribution in [2.24, 2.45) is 5.73 Å². The van der Waals surface area contributed by atoms with Gasteiger partial charge in [-0.1, -0.05) is 6.07 Å². The van der Waals surface area contributed by atoms with Gasteiger partial charge < -0.3 is 20.5 Å². The maximum absolute atomic E-state index is 12.5. The maximum atomic E-state index is 12.5. The summed E-state index contributed by atoms with van der Waals surface area (Å²) >= 11 is 0.